The van der Waals surface area contributed by atoms with Gasteiger partial charge >= 0.3 is 0 Å². The number of anilines is 2. The molecule has 4 aliphatic rings. The summed E-state index contributed by atoms with van der Waals surface area (Å²) in [5, 5.41) is 2.98. The number of amides is 1. The fraction of sp³-hybridized carbons (Fsp3) is 0.379. The molecule has 208 valence electrons. The molecule has 0 spiro atoms. The molecule has 1 amide bonds. The predicted molar refractivity (Wildman–Crippen MR) is 149 cm³/mol. The van der Waals surface area contributed by atoms with Gasteiger partial charge in [0.25, 0.3) is 21.5 Å². The summed E-state index contributed by atoms with van der Waals surface area (Å²) in [7, 11) is -4.02. The van der Waals surface area contributed by atoms with Crippen molar-refractivity contribution >= 4 is 27.3 Å². The minimum atomic E-state index is -4.02. The van der Waals surface area contributed by atoms with Crippen LogP contribution >= 0.6 is 0 Å². The lowest BCUT2D eigenvalue weighted by atomic mass is 9.83. The van der Waals surface area contributed by atoms with Crippen molar-refractivity contribution in [1.29, 1.82) is 0 Å². The summed E-state index contributed by atoms with van der Waals surface area (Å²) in [4.78, 5) is 27.6. The van der Waals surface area contributed by atoms with Crippen LogP contribution in [0.4, 0.5) is 11.4 Å². The van der Waals surface area contributed by atoms with Crippen LogP contribution in [0.15, 0.2) is 64.3 Å². The SMILES string of the molecule is O=C(NC1CC1)c1ccc(N2CC3CC(C2)c2cccc(=O)n2C3)c(NS(=O)(=O)c2ccc3c(c2)OCCO3)c1. The van der Waals surface area contributed by atoms with E-state index in [0.717, 1.165) is 25.0 Å². The third kappa shape index (κ3) is 4.68. The maximum atomic E-state index is 13.6. The van der Waals surface area contributed by atoms with E-state index in [9.17, 15) is 18.0 Å². The van der Waals surface area contributed by atoms with Crippen LogP contribution in [-0.2, 0) is 16.6 Å². The van der Waals surface area contributed by atoms with E-state index >= 15 is 0 Å². The van der Waals surface area contributed by atoms with E-state index in [1.54, 1.807) is 30.3 Å². The monoisotopic (exact) mass is 562 g/mol. The van der Waals surface area contributed by atoms with Crippen molar-refractivity contribution in [2.24, 2.45) is 5.92 Å². The normalized spacial score (nSPS) is 21.4. The van der Waals surface area contributed by atoms with Crippen LogP contribution < -0.4 is 30.0 Å². The summed E-state index contributed by atoms with van der Waals surface area (Å²) in [5.41, 5.74) is 2.45. The van der Waals surface area contributed by atoms with Gasteiger partial charge in [-0.1, -0.05) is 6.07 Å². The Kier molecular flexibility index (Phi) is 5.99. The van der Waals surface area contributed by atoms with Crippen LogP contribution in [0.25, 0.3) is 0 Å². The number of carbonyl (C=O) groups is 1. The Labute approximate surface area is 232 Å². The Morgan fingerprint density at radius 1 is 0.925 bits per heavy atom. The molecule has 1 aromatic heterocycles. The van der Waals surface area contributed by atoms with Gasteiger partial charge in [-0.3, -0.25) is 14.3 Å². The Morgan fingerprint density at radius 2 is 1.75 bits per heavy atom. The number of fused-ring (bicyclic) bond motifs is 5. The summed E-state index contributed by atoms with van der Waals surface area (Å²) < 4.78 is 43.0. The van der Waals surface area contributed by atoms with E-state index in [2.05, 4.69) is 14.9 Å². The Balaban J connectivity index is 1.23. The van der Waals surface area contributed by atoms with E-state index in [1.165, 1.54) is 12.1 Å². The molecular weight excluding hydrogens is 532 g/mol. The maximum absolute atomic E-state index is 13.6. The summed E-state index contributed by atoms with van der Waals surface area (Å²) in [5.74, 6) is 1.04. The van der Waals surface area contributed by atoms with Crippen molar-refractivity contribution < 1.29 is 22.7 Å². The average Bonchev–Trinajstić information content (AvgIpc) is 3.77. The lowest BCUT2D eigenvalue weighted by Gasteiger charge is -2.44. The van der Waals surface area contributed by atoms with E-state index in [4.69, 9.17) is 9.47 Å². The number of hydrogen-bond donors (Lipinski definition) is 2. The van der Waals surface area contributed by atoms with Gasteiger partial charge in [-0.05, 0) is 61.6 Å². The lowest BCUT2D eigenvalue weighted by Crippen LogP contribution is -2.47. The number of benzene rings is 2. The Morgan fingerprint density at radius 3 is 2.58 bits per heavy atom. The van der Waals surface area contributed by atoms with Crippen molar-refractivity contribution in [3.8, 4) is 11.5 Å². The van der Waals surface area contributed by atoms with Crippen LogP contribution in [0.1, 0.15) is 41.2 Å². The van der Waals surface area contributed by atoms with Crippen LogP contribution in [0.3, 0.4) is 0 Å². The van der Waals surface area contributed by atoms with Gasteiger partial charge in [-0.2, -0.15) is 0 Å². The first kappa shape index (κ1) is 25.0. The average molecular weight is 563 g/mol. The summed E-state index contributed by atoms with van der Waals surface area (Å²) >= 11 is 0. The van der Waals surface area contributed by atoms with E-state index in [1.807, 2.05) is 16.7 Å². The summed E-state index contributed by atoms with van der Waals surface area (Å²) in [6.07, 6.45) is 2.88. The zero-order valence-electron chi connectivity index (χ0n) is 21.8. The molecule has 3 aromatic rings. The van der Waals surface area contributed by atoms with Crippen LogP contribution in [0.2, 0.25) is 0 Å². The number of ether oxygens (including phenoxy) is 2. The molecule has 2 unspecified atom stereocenters. The zero-order chi connectivity index (χ0) is 27.4. The topological polar surface area (TPSA) is 119 Å². The molecule has 11 heteroatoms. The number of rotatable bonds is 6. The van der Waals surface area contributed by atoms with Gasteiger partial charge in [0.15, 0.2) is 11.5 Å². The number of aromatic nitrogens is 1. The summed E-state index contributed by atoms with van der Waals surface area (Å²) in [6.45, 7) is 2.68. The van der Waals surface area contributed by atoms with Crippen LogP contribution in [-0.4, -0.2) is 51.2 Å². The second-order valence-corrected chi connectivity index (χ2v) is 12.7. The van der Waals surface area contributed by atoms with Crippen LogP contribution in [0, 0.1) is 5.92 Å². The molecular formula is C29H30N4O6S. The summed E-state index contributed by atoms with van der Waals surface area (Å²) in [6, 6.07) is 15.3. The van der Waals surface area contributed by atoms with Gasteiger partial charge < -0.3 is 24.3 Å². The van der Waals surface area contributed by atoms with Gasteiger partial charge in [-0.25, -0.2) is 8.42 Å². The lowest BCUT2D eigenvalue weighted by molar-refractivity contribution is 0.0951. The number of sulfonamides is 1. The molecule has 2 bridgehead atoms. The van der Waals surface area contributed by atoms with Crippen molar-refractivity contribution in [2.45, 2.75) is 42.7 Å². The number of pyridine rings is 1. The maximum Gasteiger partial charge on any atom is 0.262 e. The first-order valence-corrected chi connectivity index (χ1v) is 15.1. The number of piperidine rings is 1. The van der Waals surface area contributed by atoms with Gasteiger partial charge in [0.1, 0.15) is 13.2 Å². The molecule has 1 saturated heterocycles. The Hall–Kier alpha value is -3.99. The Bertz CT molecular complexity index is 1670. The quantitative estimate of drug-likeness (QED) is 0.474. The first-order valence-electron chi connectivity index (χ1n) is 13.7. The highest BCUT2D eigenvalue weighted by Crippen LogP contribution is 2.40. The van der Waals surface area contributed by atoms with E-state index in [0.29, 0.717) is 61.3 Å². The van der Waals surface area contributed by atoms with E-state index < -0.39 is 10.0 Å². The highest BCUT2D eigenvalue weighted by molar-refractivity contribution is 7.92. The van der Waals surface area contributed by atoms with E-state index in [-0.39, 0.29) is 34.2 Å². The molecule has 40 heavy (non-hydrogen) atoms. The van der Waals surface area contributed by atoms with Crippen LogP contribution in [0.5, 0.6) is 11.5 Å². The van der Waals surface area contributed by atoms with Crippen molar-refractivity contribution in [3.05, 3.63) is 76.2 Å². The molecule has 4 heterocycles. The van der Waals surface area contributed by atoms with Gasteiger partial charge in [-0.15, -0.1) is 0 Å². The first-order chi connectivity index (χ1) is 19.3. The second kappa shape index (κ2) is 9.58. The number of hydrogen-bond acceptors (Lipinski definition) is 7. The minimum absolute atomic E-state index is 0.0135. The molecule has 10 nitrogen and oxygen atoms in total. The largest absolute Gasteiger partial charge is 0.486 e. The number of carbonyl (C=O) groups excluding carboxylic acids is 1. The van der Waals surface area contributed by atoms with Gasteiger partial charge in [0.05, 0.1) is 16.3 Å². The fourth-order valence-corrected chi connectivity index (χ4v) is 7.10. The molecule has 7 rings (SSSR count). The van der Waals surface area contributed by atoms with Gasteiger partial charge in [0, 0.05) is 55.0 Å². The molecule has 2 N–H and O–H groups in total. The minimum Gasteiger partial charge on any atom is -0.486 e. The molecule has 1 aliphatic carbocycles. The third-order valence-electron chi connectivity index (χ3n) is 8.06. The molecule has 3 aliphatic heterocycles. The highest BCUT2D eigenvalue weighted by atomic mass is 32.2. The fourth-order valence-electron chi connectivity index (χ4n) is 6.02. The zero-order valence-corrected chi connectivity index (χ0v) is 22.7. The molecule has 2 atom stereocenters. The van der Waals surface area contributed by atoms with Crippen molar-refractivity contribution in [2.75, 3.05) is 35.9 Å². The van der Waals surface area contributed by atoms with Crippen molar-refractivity contribution in [1.82, 2.24) is 9.88 Å². The third-order valence-corrected chi connectivity index (χ3v) is 9.42. The molecule has 2 fully saturated rings. The number of nitrogens with zero attached hydrogens (tertiary/aromatic N) is 2. The molecule has 0 radical (unpaired) electrons. The molecule has 2 aromatic carbocycles. The second-order valence-electron chi connectivity index (χ2n) is 11.0. The number of nitrogens with one attached hydrogen (secondary N) is 2. The van der Waals surface area contributed by atoms with Crippen molar-refractivity contribution in [3.63, 3.8) is 0 Å². The highest BCUT2D eigenvalue weighted by Gasteiger charge is 2.36. The molecule has 1 saturated carbocycles. The smallest absolute Gasteiger partial charge is 0.262 e. The standard InChI is InChI=1S/C29H30N4O6S/c34-28-3-1-2-24-20-12-18(16-33(24)28)15-32(17-20)25-8-4-19(29(35)30-21-5-6-21)13-23(25)31-40(36,37)22-7-9-26-27(14-22)39-11-10-38-26/h1-4,7-9,13-14,18,20-21,31H,5-6,10-12,15-17H2,(H,30,35). The van der Waals surface area contributed by atoms with Gasteiger partial charge in [0.2, 0.25) is 0 Å². The predicted octanol–water partition coefficient (Wildman–Crippen LogP) is 2.94.